The van der Waals surface area contributed by atoms with E-state index in [9.17, 15) is 9.18 Å². The highest BCUT2D eigenvalue weighted by molar-refractivity contribution is 5.94. The Morgan fingerprint density at radius 3 is 3.09 bits per heavy atom. The van der Waals surface area contributed by atoms with Gasteiger partial charge in [0.1, 0.15) is 11.5 Å². The van der Waals surface area contributed by atoms with Crippen molar-refractivity contribution < 1.29 is 13.9 Å². The number of hydrogen-bond donors (Lipinski definition) is 1. The minimum Gasteiger partial charge on any atom is -0.378 e. The van der Waals surface area contributed by atoms with Gasteiger partial charge in [0.15, 0.2) is 0 Å². The van der Waals surface area contributed by atoms with E-state index in [0.29, 0.717) is 17.8 Å². The maximum absolute atomic E-state index is 14.1. The largest absolute Gasteiger partial charge is 0.378 e. The van der Waals surface area contributed by atoms with E-state index >= 15 is 0 Å². The van der Waals surface area contributed by atoms with Gasteiger partial charge in [0, 0.05) is 31.1 Å². The smallest absolute Gasteiger partial charge is 0.251 e. The van der Waals surface area contributed by atoms with Gasteiger partial charge >= 0.3 is 0 Å². The van der Waals surface area contributed by atoms with E-state index in [1.54, 1.807) is 30.6 Å². The van der Waals surface area contributed by atoms with E-state index < -0.39 is 5.82 Å². The molecule has 1 amide bonds. The lowest BCUT2D eigenvalue weighted by atomic mass is 10.1. The lowest BCUT2D eigenvalue weighted by molar-refractivity contribution is 0.0907. The van der Waals surface area contributed by atoms with Gasteiger partial charge in [-0.25, -0.2) is 9.07 Å². The number of halogens is 1. The zero-order valence-electron chi connectivity index (χ0n) is 12.2. The second-order valence-corrected chi connectivity index (χ2v) is 5.30. The molecule has 0 aliphatic carbocycles. The molecule has 1 fully saturated rings. The second-order valence-electron chi connectivity index (χ2n) is 5.30. The Balaban J connectivity index is 1.59. The molecule has 116 valence electrons. The summed E-state index contributed by atoms with van der Waals surface area (Å²) >= 11 is 0. The molecule has 1 N–H and O–H groups in total. The van der Waals surface area contributed by atoms with Crippen molar-refractivity contribution in [1.29, 1.82) is 0 Å². The van der Waals surface area contributed by atoms with Gasteiger partial charge in [0.25, 0.3) is 5.91 Å². The van der Waals surface area contributed by atoms with Crippen molar-refractivity contribution in [2.45, 2.75) is 25.4 Å². The maximum Gasteiger partial charge on any atom is 0.251 e. The van der Waals surface area contributed by atoms with Gasteiger partial charge < -0.3 is 10.1 Å². The fraction of sp³-hybridized carbons (Fsp3) is 0.375. The first kappa shape index (κ1) is 14.7. The van der Waals surface area contributed by atoms with Gasteiger partial charge in [-0.05, 0) is 43.5 Å². The molecule has 1 aromatic carbocycles. The van der Waals surface area contributed by atoms with Crippen LogP contribution < -0.4 is 5.32 Å². The Hall–Kier alpha value is -2.21. The van der Waals surface area contributed by atoms with Crippen molar-refractivity contribution in [3.8, 4) is 5.69 Å². The van der Waals surface area contributed by atoms with Crippen molar-refractivity contribution in [3.05, 3.63) is 48.0 Å². The molecule has 2 aromatic rings. The summed E-state index contributed by atoms with van der Waals surface area (Å²) in [6.07, 6.45) is 6.38. The van der Waals surface area contributed by atoms with Gasteiger partial charge in [0.2, 0.25) is 0 Å². The molecule has 0 spiro atoms. The average Bonchev–Trinajstić information content (AvgIpc) is 3.20. The number of nitrogens with zero attached hydrogens (tertiary/aromatic N) is 2. The number of carbonyl (C=O) groups is 1. The summed E-state index contributed by atoms with van der Waals surface area (Å²) in [6, 6.07) is 6.10. The molecular formula is C16H18FN3O2. The molecule has 1 aliphatic rings. The van der Waals surface area contributed by atoms with Crippen molar-refractivity contribution >= 4 is 5.91 Å². The summed E-state index contributed by atoms with van der Waals surface area (Å²) < 4.78 is 21.0. The first-order valence-electron chi connectivity index (χ1n) is 7.43. The number of hydrogen-bond acceptors (Lipinski definition) is 3. The van der Waals surface area contributed by atoms with Crippen molar-refractivity contribution in [3.63, 3.8) is 0 Å². The molecule has 1 aromatic heterocycles. The molecule has 2 heterocycles. The van der Waals surface area contributed by atoms with E-state index in [0.717, 1.165) is 25.9 Å². The predicted octanol–water partition coefficient (Wildman–Crippen LogP) is 2.31. The fourth-order valence-corrected chi connectivity index (χ4v) is 2.57. The SMILES string of the molecule is O=C(NCC[C@H]1CCCO1)c1ccc(-n2cccn2)c(F)c1. The van der Waals surface area contributed by atoms with Crippen LogP contribution in [0.5, 0.6) is 0 Å². The molecule has 0 unspecified atom stereocenters. The van der Waals surface area contributed by atoms with E-state index in [4.69, 9.17) is 4.74 Å². The summed E-state index contributed by atoms with van der Waals surface area (Å²) in [7, 11) is 0. The zero-order chi connectivity index (χ0) is 15.4. The van der Waals surface area contributed by atoms with E-state index in [1.165, 1.54) is 10.7 Å². The summed E-state index contributed by atoms with van der Waals surface area (Å²) in [6.45, 7) is 1.34. The highest BCUT2D eigenvalue weighted by Crippen LogP contribution is 2.16. The van der Waals surface area contributed by atoms with Crippen molar-refractivity contribution in [2.75, 3.05) is 13.2 Å². The number of nitrogens with one attached hydrogen (secondary N) is 1. The van der Waals surface area contributed by atoms with Gasteiger partial charge in [-0.15, -0.1) is 0 Å². The number of ether oxygens (including phenoxy) is 1. The number of carbonyl (C=O) groups excluding carboxylic acids is 1. The first-order valence-corrected chi connectivity index (χ1v) is 7.43. The number of amides is 1. The Kier molecular flexibility index (Phi) is 4.48. The molecule has 5 nitrogen and oxygen atoms in total. The third kappa shape index (κ3) is 3.33. The lowest BCUT2D eigenvalue weighted by Crippen LogP contribution is -2.27. The Morgan fingerprint density at radius 2 is 2.41 bits per heavy atom. The number of rotatable bonds is 5. The normalized spacial score (nSPS) is 17.6. The Labute approximate surface area is 128 Å². The van der Waals surface area contributed by atoms with Crippen LogP contribution in [0.4, 0.5) is 4.39 Å². The third-order valence-electron chi connectivity index (χ3n) is 3.74. The third-order valence-corrected chi connectivity index (χ3v) is 3.74. The van der Waals surface area contributed by atoms with Crippen LogP contribution in [0.3, 0.4) is 0 Å². The van der Waals surface area contributed by atoms with Gasteiger partial charge in [-0.1, -0.05) is 0 Å². The maximum atomic E-state index is 14.1. The zero-order valence-corrected chi connectivity index (χ0v) is 12.2. The Morgan fingerprint density at radius 1 is 1.50 bits per heavy atom. The second kappa shape index (κ2) is 6.70. The van der Waals surface area contributed by atoms with Crippen LogP contribution in [-0.4, -0.2) is 34.9 Å². The molecule has 0 saturated carbocycles. The van der Waals surface area contributed by atoms with E-state index in [1.807, 2.05) is 0 Å². The highest BCUT2D eigenvalue weighted by atomic mass is 19.1. The molecule has 1 aliphatic heterocycles. The standard InChI is InChI=1S/C16H18FN3O2/c17-14-11-12(4-5-15(14)20-9-2-7-19-20)16(21)18-8-6-13-3-1-10-22-13/h2,4-5,7,9,11,13H,1,3,6,8,10H2,(H,18,21)/t13-/m1/s1. The van der Waals surface area contributed by atoms with Crippen LogP contribution in [0.15, 0.2) is 36.7 Å². The summed E-state index contributed by atoms with van der Waals surface area (Å²) in [5.74, 6) is -0.751. The molecule has 6 heteroatoms. The van der Waals surface area contributed by atoms with Gasteiger partial charge in [-0.2, -0.15) is 5.10 Å². The lowest BCUT2D eigenvalue weighted by Gasteiger charge is -2.10. The van der Waals surface area contributed by atoms with Crippen LogP contribution in [0.25, 0.3) is 5.69 Å². The molecule has 22 heavy (non-hydrogen) atoms. The minimum absolute atomic E-state index is 0.235. The number of aromatic nitrogens is 2. The molecule has 0 radical (unpaired) electrons. The van der Waals surface area contributed by atoms with Crippen LogP contribution in [0.1, 0.15) is 29.6 Å². The molecule has 0 bridgehead atoms. The quantitative estimate of drug-likeness (QED) is 0.922. The summed E-state index contributed by atoms with van der Waals surface area (Å²) in [5.41, 5.74) is 0.627. The molecule has 1 atom stereocenters. The topological polar surface area (TPSA) is 56.1 Å². The highest BCUT2D eigenvalue weighted by Gasteiger charge is 2.16. The molecule has 1 saturated heterocycles. The molecule has 3 rings (SSSR count). The van der Waals surface area contributed by atoms with Crippen molar-refractivity contribution in [1.82, 2.24) is 15.1 Å². The van der Waals surface area contributed by atoms with Crippen LogP contribution >= 0.6 is 0 Å². The number of benzene rings is 1. The predicted molar refractivity (Wildman–Crippen MR) is 79.4 cm³/mol. The van der Waals surface area contributed by atoms with E-state index in [-0.39, 0.29) is 12.0 Å². The summed E-state index contributed by atoms with van der Waals surface area (Å²) in [5, 5.41) is 6.78. The first-order chi connectivity index (χ1) is 10.7. The van der Waals surface area contributed by atoms with E-state index in [2.05, 4.69) is 10.4 Å². The summed E-state index contributed by atoms with van der Waals surface area (Å²) in [4.78, 5) is 12.0. The van der Waals surface area contributed by atoms with Crippen LogP contribution in [0, 0.1) is 5.82 Å². The van der Waals surface area contributed by atoms with Crippen LogP contribution in [-0.2, 0) is 4.74 Å². The Bertz CT molecular complexity index is 637. The monoisotopic (exact) mass is 303 g/mol. The molecular weight excluding hydrogens is 285 g/mol. The van der Waals surface area contributed by atoms with Crippen molar-refractivity contribution in [2.24, 2.45) is 0 Å². The average molecular weight is 303 g/mol. The van der Waals surface area contributed by atoms with Gasteiger partial charge in [0.05, 0.1) is 6.10 Å². The van der Waals surface area contributed by atoms with Crippen LogP contribution in [0.2, 0.25) is 0 Å². The fourth-order valence-electron chi connectivity index (χ4n) is 2.57. The minimum atomic E-state index is -0.476. The van der Waals surface area contributed by atoms with Gasteiger partial charge in [-0.3, -0.25) is 4.79 Å².